The summed E-state index contributed by atoms with van der Waals surface area (Å²) in [5.74, 6) is -66.2. The van der Waals surface area contributed by atoms with Gasteiger partial charge in [-0.25, -0.2) is 0 Å². The Morgan fingerprint density at radius 1 is 0.327 bits per heavy atom. The Labute approximate surface area is 258 Å². The average molecular weight is 901 g/mol. The Morgan fingerprint density at radius 3 is 0.653 bits per heavy atom. The fourth-order valence-corrected chi connectivity index (χ4v) is 16.8. The van der Waals surface area contributed by atoms with Crippen LogP contribution in [0.3, 0.4) is 0 Å². The van der Waals surface area contributed by atoms with Gasteiger partial charge in [0.25, 0.3) is 0 Å². The molecule has 49 heavy (non-hydrogen) atoms. The van der Waals surface area contributed by atoms with E-state index in [1.165, 1.54) is 0 Å². The summed E-state index contributed by atoms with van der Waals surface area (Å²) in [4.78, 5) is 0. The zero-order valence-electron chi connectivity index (χ0n) is 22.9. The molecule has 0 heterocycles. The molecule has 0 bridgehead atoms. The van der Waals surface area contributed by atoms with E-state index in [9.17, 15) is 119 Å². The van der Waals surface area contributed by atoms with E-state index in [-0.39, 0.29) is 6.08 Å². The van der Waals surface area contributed by atoms with Crippen LogP contribution in [-0.2, 0) is 0 Å². The van der Waals surface area contributed by atoms with Crippen LogP contribution < -0.4 is 0 Å². The molecule has 0 saturated heterocycles. The van der Waals surface area contributed by atoms with Gasteiger partial charge < -0.3 is 0 Å². The molecule has 0 nitrogen and oxygen atoms in total. The van der Waals surface area contributed by atoms with Crippen LogP contribution in [0.25, 0.3) is 0 Å². The molecule has 0 radical (unpaired) electrons. The second kappa shape index (κ2) is 13.6. The third-order valence-electron chi connectivity index (χ3n) is 7.11. The Morgan fingerprint density at radius 2 is 0.510 bits per heavy atom. The van der Waals surface area contributed by atoms with E-state index in [0.717, 1.165) is 0 Å². The fraction of sp³-hybridized carbons (Fsp3) is 0.905. The summed E-state index contributed by atoms with van der Waals surface area (Å²) in [5, 5.41) is 0. The number of allylic oxidation sites excluding steroid dienone is 1. The normalized spacial score (nSPS) is 16.3. The number of hydrogen-bond acceptors (Lipinski definition) is 0. The predicted octanol–water partition coefficient (Wildman–Crippen LogP) is 12.2. The minimum absolute atomic E-state index is 0.0951. The SMILES string of the molecule is C=C[CH2][Sn]([CH2]CC(F)(F)C(F)(F)C(F)(F)C(F)(F)F)([CH2]CC(F)(F)C(F)(F)C(F)(F)C(F)(F)F)[CH2]CC(F)(F)C(F)(F)C(F)(F)C(F)(F)F. The van der Waals surface area contributed by atoms with Crippen molar-refractivity contribution < 1.29 is 119 Å². The van der Waals surface area contributed by atoms with Crippen molar-refractivity contribution in [2.24, 2.45) is 0 Å². The molecule has 0 aromatic heterocycles. The molecule has 0 aliphatic heterocycles. The minimum atomic E-state index is -7.70. The second-order valence-electron chi connectivity index (χ2n) is 10.5. The Hall–Kier alpha value is -1.35. The van der Waals surface area contributed by atoms with Crippen molar-refractivity contribution in [2.75, 3.05) is 0 Å². The maximum absolute atomic E-state index is 14.2. The average Bonchev–Trinajstić information content (AvgIpc) is 2.87. The molecular formula is C21H17F27Sn. The summed E-state index contributed by atoms with van der Waals surface area (Å²) in [6.07, 6.45) is -32.2. The summed E-state index contributed by atoms with van der Waals surface area (Å²) in [5.41, 5.74) is 0. The summed E-state index contributed by atoms with van der Waals surface area (Å²) in [6.45, 7) is 2.68. The van der Waals surface area contributed by atoms with Crippen LogP contribution in [0.5, 0.6) is 0 Å². The summed E-state index contributed by atoms with van der Waals surface area (Å²) < 4.78 is 349. The summed E-state index contributed by atoms with van der Waals surface area (Å²) >= 11 is -6.84. The van der Waals surface area contributed by atoms with E-state index in [1.54, 1.807) is 0 Å². The van der Waals surface area contributed by atoms with Crippen molar-refractivity contribution in [1.29, 1.82) is 0 Å². The molecule has 0 amide bonds. The Kier molecular flexibility index (Phi) is 13.2. The number of rotatable bonds is 17. The van der Waals surface area contributed by atoms with Gasteiger partial charge in [-0.2, -0.15) is 0 Å². The Balaban J connectivity index is 7.17. The van der Waals surface area contributed by atoms with Crippen molar-refractivity contribution in [3.63, 3.8) is 0 Å². The number of hydrogen-bond donors (Lipinski definition) is 0. The van der Waals surface area contributed by atoms with Crippen LogP contribution in [0, 0.1) is 0 Å². The third kappa shape index (κ3) is 8.49. The molecule has 0 unspecified atom stereocenters. The summed E-state index contributed by atoms with van der Waals surface area (Å²) in [6, 6.07) is 0. The molecule has 0 aliphatic rings. The molecule has 0 aliphatic carbocycles. The van der Waals surface area contributed by atoms with E-state index < -0.39 is 127 Å². The van der Waals surface area contributed by atoms with E-state index in [0.29, 0.717) is 0 Å². The first kappa shape index (κ1) is 47.6. The first-order valence-corrected chi connectivity index (χ1v) is 20.2. The predicted molar refractivity (Wildman–Crippen MR) is 112 cm³/mol. The zero-order valence-corrected chi connectivity index (χ0v) is 25.8. The molecule has 0 fully saturated rings. The monoisotopic (exact) mass is 902 g/mol. The van der Waals surface area contributed by atoms with Crippen LogP contribution in [0.2, 0.25) is 17.7 Å². The molecule has 0 N–H and O–H groups in total. The van der Waals surface area contributed by atoms with Gasteiger partial charge in [-0.3, -0.25) is 0 Å². The summed E-state index contributed by atoms with van der Waals surface area (Å²) in [7, 11) is 0. The number of alkyl halides is 27. The third-order valence-corrected chi connectivity index (χ3v) is 21.6. The van der Waals surface area contributed by atoms with E-state index in [4.69, 9.17) is 0 Å². The van der Waals surface area contributed by atoms with Gasteiger partial charge in [0.15, 0.2) is 0 Å². The second-order valence-corrected chi connectivity index (χ2v) is 24.6. The molecule has 0 atom stereocenters. The van der Waals surface area contributed by atoms with Gasteiger partial charge in [0.2, 0.25) is 0 Å². The topological polar surface area (TPSA) is 0 Å². The quantitative estimate of drug-likeness (QED) is 0.0775. The van der Waals surface area contributed by atoms with Crippen LogP contribution in [0.1, 0.15) is 19.3 Å². The maximum atomic E-state index is 14.2. The Bertz CT molecular complexity index is 992. The van der Waals surface area contributed by atoms with Crippen LogP contribution in [0.15, 0.2) is 12.7 Å². The molecule has 0 aromatic carbocycles. The molecule has 28 heteroatoms. The van der Waals surface area contributed by atoms with Gasteiger partial charge in [0.1, 0.15) is 0 Å². The van der Waals surface area contributed by atoms with Crippen molar-refractivity contribution in [2.45, 2.75) is 109 Å². The first-order chi connectivity index (χ1) is 20.9. The van der Waals surface area contributed by atoms with Crippen molar-refractivity contribution in [3.8, 4) is 0 Å². The van der Waals surface area contributed by atoms with Crippen molar-refractivity contribution in [3.05, 3.63) is 12.7 Å². The molecule has 0 spiro atoms. The fourth-order valence-electron chi connectivity index (χ4n) is 3.95. The van der Waals surface area contributed by atoms with Crippen molar-refractivity contribution >= 4 is 18.4 Å². The molecule has 0 aromatic rings. The molecular weight excluding hydrogens is 884 g/mol. The van der Waals surface area contributed by atoms with Gasteiger partial charge >= 0.3 is 258 Å². The zero-order chi connectivity index (χ0) is 40.2. The first-order valence-electron chi connectivity index (χ1n) is 12.1. The van der Waals surface area contributed by atoms with Gasteiger partial charge in [0, 0.05) is 0 Å². The van der Waals surface area contributed by atoms with E-state index in [1.807, 2.05) is 0 Å². The molecule has 294 valence electrons. The van der Waals surface area contributed by atoms with Gasteiger partial charge in [0.05, 0.1) is 0 Å². The van der Waals surface area contributed by atoms with Gasteiger partial charge in [-0.15, -0.1) is 0 Å². The van der Waals surface area contributed by atoms with E-state index in [2.05, 4.69) is 6.58 Å². The van der Waals surface area contributed by atoms with Gasteiger partial charge in [-0.1, -0.05) is 0 Å². The van der Waals surface area contributed by atoms with E-state index >= 15 is 0 Å². The van der Waals surface area contributed by atoms with Crippen molar-refractivity contribution in [1.82, 2.24) is 0 Å². The molecule has 0 saturated carbocycles. The standard InChI is InChI=1S/3C6H4F9.C3H5.Sn/c3*1-2-3(7,8)4(9,10)5(11,12)6(13,14)15;1-3-2;/h3*1-2H2;3H,1-2H2;. The van der Waals surface area contributed by atoms with Crippen LogP contribution in [0.4, 0.5) is 119 Å². The van der Waals surface area contributed by atoms with Gasteiger partial charge in [-0.05, 0) is 0 Å². The van der Waals surface area contributed by atoms with Crippen LogP contribution in [-0.4, -0.2) is 90.2 Å². The van der Waals surface area contributed by atoms with Crippen LogP contribution >= 0.6 is 0 Å². The number of halogens is 27. The molecule has 0 rings (SSSR count).